The molecule has 0 bridgehead atoms. The first-order valence-corrected chi connectivity index (χ1v) is 8.60. The van der Waals surface area contributed by atoms with Crippen LogP contribution in [0.5, 0.6) is 0 Å². The van der Waals surface area contributed by atoms with Crippen LogP contribution < -0.4 is 0 Å². The zero-order valence-corrected chi connectivity index (χ0v) is 12.7. The Morgan fingerprint density at radius 1 is 1.14 bits per heavy atom. The van der Waals surface area contributed by atoms with Crippen molar-refractivity contribution in [3.05, 3.63) is 59.6 Å². The van der Waals surface area contributed by atoms with Crippen LogP contribution in [0.3, 0.4) is 0 Å². The highest BCUT2D eigenvalue weighted by molar-refractivity contribution is 7.90. The van der Waals surface area contributed by atoms with Crippen molar-refractivity contribution in [3.8, 4) is 0 Å². The first kappa shape index (κ1) is 14.6. The molecule has 0 N–H and O–H groups in total. The number of hydrogen-bond acceptors (Lipinski definition) is 5. The third kappa shape index (κ3) is 2.69. The molecular formula is C16H14O5S. The molecule has 114 valence electrons. The van der Waals surface area contributed by atoms with Crippen LogP contribution in [0.2, 0.25) is 0 Å². The van der Waals surface area contributed by atoms with E-state index in [4.69, 9.17) is 9.15 Å². The monoisotopic (exact) mass is 318 g/mol. The van der Waals surface area contributed by atoms with Crippen LogP contribution in [0.25, 0.3) is 5.57 Å². The van der Waals surface area contributed by atoms with Crippen molar-refractivity contribution in [2.75, 3.05) is 12.9 Å². The molecule has 1 aliphatic heterocycles. The third-order valence-electron chi connectivity index (χ3n) is 3.47. The summed E-state index contributed by atoms with van der Waals surface area (Å²) in [5.41, 5.74) is 1.91. The Morgan fingerprint density at radius 3 is 2.36 bits per heavy atom. The van der Waals surface area contributed by atoms with Gasteiger partial charge < -0.3 is 9.15 Å². The van der Waals surface area contributed by atoms with Gasteiger partial charge in [0, 0.05) is 18.2 Å². The highest BCUT2D eigenvalue weighted by atomic mass is 32.2. The van der Waals surface area contributed by atoms with Gasteiger partial charge in [-0.1, -0.05) is 12.1 Å². The van der Waals surface area contributed by atoms with Crippen LogP contribution in [0, 0.1) is 0 Å². The average molecular weight is 318 g/mol. The molecular weight excluding hydrogens is 304 g/mol. The van der Waals surface area contributed by atoms with Gasteiger partial charge in [-0.25, -0.2) is 13.2 Å². The van der Waals surface area contributed by atoms with E-state index >= 15 is 0 Å². The van der Waals surface area contributed by atoms with E-state index in [2.05, 4.69) is 0 Å². The summed E-state index contributed by atoms with van der Waals surface area (Å²) >= 11 is 0. The maximum atomic E-state index is 11.9. The molecule has 1 aromatic heterocycles. The van der Waals surface area contributed by atoms with Crippen molar-refractivity contribution in [1.82, 2.24) is 0 Å². The fraction of sp³-hybridized carbons (Fsp3) is 0.188. The lowest BCUT2D eigenvalue weighted by Crippen LogP contribution is -2.01. The summed E-state index contributed by atoms with van der Waals surface area (Å²) in [7, 11) is -3.26. The number of esters is 1. The third-order valence-corrected chi connectivity index (χ3v) is 4.60. The van der Waals surface area contributed by atoms with Gasteiger partial charge in [-0.15, -0.1) is 0 Å². The van der Waals surface area contributed by atoms with Gasteiger partial charge >= 0.3 is 5.97 Å². The predicted molar refractivity (Wildman–Crippen MR) is 79.9 cm³/mol. The minimum absolute atomic E-state index is 0.231. The number of hydrogen-bond donors (Lipinski definition) is 0. The molecule has 0 radical (unpaired) electrons. The van der Waals surface area contributed by atoms with Gasteiger partial charge in [0.1, 0.15) is 5.76 Å². The Labute approximate surface area is 128 Å². The Kier molecular flexibility index (Phi) is 3.62. The molecule has 5 nitrogen and oxygen atoms in total. The van der Waals surface area contributed by atoms with Crippen molar-refractivity contribution in [2.45, 2.75) is 11.3 Å². The lowest BCUT2D eigenvalue weighted by Gasteiger charge is -2.08. The predicted octanol–water partition coefficient (Wildman–Crippen LogP) is 2.43. The number of benzene rings is 1. The number of rotatable bonds is 3. The molecule has 3 rings (SSSR count). The zero-order chi connectivity index (χ0) is 15.7. The van der Waals surface area contributed by atoms with Crippen molar-refractivity contribution in [1.29, 1.82) is 0 Å². The smallest absolute Gasteiger partial charge is 0.334 e. The summed E-state index contributed by atoms with van der Waals surface area (Å²) in [6.45, 7) is 0.347. The van der Waals surface area contributed by atoms with E-state index in [0.29, 0.717) is 29.9 Å². The van der Waals surface area contributed by atoms with E-state index in [-0.39, 0.29) is 10.9 Å². The standard InChI is InChI=1S/C16H14O5S/c1-22(18,19)12-6-4-11(5-7-12)15(14-3-2-9-20-14)13-8-10-21-16(13)17/h2-7,9H,8,10H2,1H3/b15-13-. The van der Waals surface area contributed by atoms with Gasteiger partial charge in [-0.2, -0.15) is 0 Å². The molecule has 1 fully saturated rings. The Hall–Kier alpha value is -2.34. The summed E-state index contributed by atoms with van der Waals surface area (Å²) in [6, 6.07) is 9.89. The van der Waals surface area contributed by atoms with Crippen LogP contribution in [0.15, 0.2) is 57.5 Å². The van der Waals surface area contributed by atoms with Crippen LogP contribution in [-0.2, 0) is 19.4 Å². The van der Waals surface area contributed by atoms with E-state index in [1.165, 1.54) is 18.4 Å². The zero-order valence-electron chi connectivity index (χ0n) is 11.9. The number of furan rings is 1. The summed E-state index contributed by atoms with van der Waals surface area (Å²) in [5.74, 6) is 0.194. The van der Waals surface area contributed by atoms with Crippen LogP contribution in [-0.4, -0.2) is 27.2 Å². The molecule has 1 saturated heterocycles. The van der Waals surface area contributed by atoms with Crippen molar-refractivity contribution in [3.63, 3.8) is 0 Å². The Balaban J connectivity index is 2.14. The first-order valence-electron chi connectivity index (χ1n) is 6.71. The van der Waals surface area contributed by atoms with Gasteiger partial charge in [0.05, 0.1) is 23.3 Å². The second-order valence-electron chi connectivity index (χ2n) is 5.01. The molecule has 0 amide bonds. The molecule has 0 spiro atoms. The number of cyclic esters (lactones) is 1. The largest absolute Gasteiger partial charge is 0.464 e. The molecule has 2 aromatic rings. The summed E-state index contributed by atoms with van der Waals surface area (Å²) in [6.07, 6.45) is 3.19. The van der Waals surface area contributed by atoms with E-state index in [1.807, 2.05) is 0 Å². The Bertz CT molecular complexity index is 827. The molecule has 0 unspecified atom stereocenters. The van der Waals surface area contributed by atoms with Crippen molar-refractivity contribution >= 4 is 21.4 Å². The van der Waals surface area contributed by atoms with Crippen molar-refractivity contribution < 1.29 is 22.4 Å². The lowest BCUT2D eigenvalue weighted by molar-refractivity contribution is -0.135. The minimum Gasteiger partial charge on any atom is -0.464 e. The van der Waals surface area contributed by atoms with E-state index in [1.54, 1.807) is 24.3 Å². The fourth-order valence-electron chi connectivity index (χ4n) is 2.42. The fourth-order valence-corrected chi connectivity index (χ4v) is 3.05. The first-order chi connectivity index (χ1) is 10.5. The molecule has 0 saturated carbocycles. The lowest BCUT2D eigenvalue weighted by atomic mass is 9.97. The highest BCUT2D eigenvalue weighted by Crippen LogP contribution is 2.32. The van der Waals surface area contributed by atoms with Gasteiger partial charge in [0.15, 0.2) is 9.84 Å². The average Bonchev–Trinajstić information content (AvgIpc) is 3.12. The van der Waals surface area contributed by atoms with Crippen LogP contribution >= 0.6 is 0 Å². The SMILES string of the molecule is CS(=O)(=O)c1ccc(/C(=C2\CCOC2=O)c2ccco2)cc1. The summed E-state index contributed by atoms with van der Waals surface area (Å²) in [5, 5.41) is 0. The summed E-state index contributed by atoms with van der Waals surface area (Å²) < 4.78 is 33.5. The normalized spacial score (nSPS) is 17.4. The highest BCUT2D eigenvalue weighted by Gasteiger charge is 2.26. The van der Waals surface area contributed by atoms with E-state index in [9.17, 15) is 13.2 Å². The van der Waals surface area contributed by atoms with Gasteiger partial charge in [0.2, 0.25) is 0 Å². The van der Waals surface area contributed by atoms with Crippen LogP contribution in [0.4, 0.5) is 0 Å². The molecule has 6 heteroatoms. The molecule has 1 aromatic carbocycles. The van der Waals surface area contributed by atoms with Crippen molar-refractivity contribution in [2.24, 2.45) is 0 Å². The maximum Gasteiger partial charge on any atom is 0.334 e. The van der Waals surface area contributed by atoms with E-state index < -0.39 is 9.84 Å². The quantitative estimate of drug-likeness (QED) is 0.642. The molecule has 22 heavy (non-hydrogen) atoms. The van der Waals surface area contributed by atoms with E-state index in [0.717, 1.165) is 11.8 Å². The Morgan fingerprint density at radius 2 is 1.86 bits per heavy atom. The van der Waals surface area contributed by atoms with Gasteiger partial charge in [-0.3, -0.25) is 0 Å². The summed E-state index contributed by atoms with van der Waals surface area (Å²) in [4.78, 5) is 12.1. The molecule has 0 atom stereocenters. The molecule has 0 aliphatic carbocycles. The van der Waals surface area contributed by atoms with Crippen LogP contribution in [0.1, 0.15) is 17.7 Å². The minimum atomic E-state index is -3.26. The number of carbonyl (C=O) groups excluding carboxylic acids is 1. The second kappa shape index (κ2) is 5.46. The molecule has 2 heterocycles. The van der Waals surface area contributed by atoms with Gasteiger partial charge in [-0.05, 0) is 29.8 Å². The second-order valence-corrected chi connectivity index (χ2v) is 7.03. The van der Waals surface area contributed by atoms with Gasteiger partial charge in [0.25, 0.3) is 0 Å². The number of ether oxygens (including phenoxy) is 1. The maximum absolute atomic E-state index is 11.9. The topological polar surface area (TPSA) is 73.6 Å². The number of sulfone groups is 1. The number of carbonyl (C=O) groups is 1. The molecule has 1 aliphatic rings.